The summed E-state index contributed by atoms with van der Waals surface area (Å²) in [6.45, 7) is 4.52. The molecule has 0 bridgehead atoms. The lowest BCUT2D eigenvalue weighted by Crippen LogP contribution is -2.50. The number of carbonyl (C=O) groups is 2. The van der Waals surface area contributed by atoms with Gasteiger partial charge in [0, 0.05) is 17.6 Å². The van der Waals surface area contributed by atoms with Crippen molar-refractivity contribution in [1.29, 1.82) is 0 Å². The molecule has 0 fully saturated rings. The van der Waals surface area contributed by atoms with Crippen LogP contribution >= 0.6 is 27.5 Å². The van der Waals surface area contributed by atoms with E-state index in [1.54, 1.807) is 30.0 Å². The van der Waals surface area contributed by atoms with Crippen LogP contribution in [-0.4, -0.2) is 42.5 Å². The van der Waals surface area contributed by atoms with Crippen LogP contribution in [0.3, 0.4) is 0 Å². The highest BCUT2D eigenvalue weighted by Gasteiger charge is 2.26. The van der Waals surface area contributed by atoms with Crippen LogP contribution in [0.4, 0.5) is 0 Å². The lowest BCUT2D eigenvalue weighted by atomic mass is 10.1. The Balaban J connectivity index is 2.07. The molecule has 0 saturated heterocycles. The summed E-state index contributed by atoms with van der Waals surface area (Å²) in [5.74, 6) is -0.0108. The van der Waals surface area contributed by atoms with Crippen LogP contribution in [0.25, 0.3) is 0 Å². The van der Waals surface area contributed by atoms with Crippen LogP contribution in [0.15, 0.2) is 53.0 Å². The van der Waals surface area contributed by atoms with E-state index in [0.717, 1.165) is 16.5 Å². The summed E-state index contributed by atoms with van der Waals surface area (Å²) in [6, 6.07) is 14.5. The molecule has 0 aliphatic heterocycles. The zero-order valence-electron chi connectivity index (χ0n) is 16.7. The second-order valence-corrected chi connectivity index (χ2v) is 7.98. The van der Waals surface area contributed by atoms with Crippen LogP contribution in [0.1, 0.15) is 25.8 Å². The monoisotopic (exact) mass is 480 g/mol. The SMILES string of the molecule is CCCNC(=O)[C@@H](C)N(CCc1ccccc1)C(=O)COc1ccc(Br)cc1Cl. The van der Waals surface area contributed by atoms with Gasteiger partial charge in [0.25, 0.3) is 5.91 Å². The van der Waals surface area contributed by atoms with Gasteiger partial charge in [-0.05, 0) is 43.5 Å². The maximum atomic E-state index is 12.9. The number of hydrogen-bond donors (Lipinski definition) is 1. The van der Waals surface area contributed by atoms with Gasteiger partial charge in [-0.25, -0.2) is 0 Å². The summed E-state index contributed by atoms with van der Waals surface area (Å²) in [5.41, 5.74) is 1.10. The third kappa shape index (κ3) is 7.37. The number of benzene rings is 2. The zero-order chi connectivity index (χ0) is 21.2. The highest BCUT2D eigenvalue weighted by molar-refractivity contribution is 9.10. The molecule has 0 spiro atoms. The molecule has 2 aromatic carbocycles. The number of nitrogens with zero attached hydrogens (tertiary/aromatic N) is 1. The second kappa shape index (κ2) is 11.8. The van der Waals surface area contributed by atoms with Crippen molar-refractivity contribution in [2.45, 2.75) is 32.7 Å². The standard InChI is InChI=1S/C22H26BrClN2O3/c1-3-12-25-22(28)16(2)26(13-11-17-7-5-4-6-8-17)21(27)15-29-20-10-9-18(23)14-19(20)24/h4-10,14,16H,3,11-13,15H2,1-2H3,(H,25,28)/t16-/m1/s1. The van der Waals surface area contributed by atoms with Crippen molar-refractivity contribution in [2.24, 2.45) is 0 Å². The van der Waals surface area contributed by atoms with Crippen molar-refractivity contribution in [3.05, 3.63) is 63.6 Å². The first kappa shape index (κ1) is 23.2. The van der Waals surface area contributed by atoms with Crippen molar-refractivity contribution >= 4 is 39.3 Å². The number of nitrogens with one attached hydrogen (secondary N) is 1. The molecule has 0 saturated carbocycles. The van der Waals surface area contributed by atoms with E-state index in [1.807, 2.05) is 37.3 Å². The first-order chi connectivity index (χ1) is 13.9. The largest absolute Gasteiger partial charge is 0.482 e. The maximum absolute atomic E-state index is 12.9. The fourth-order valence-corrected chi connectivity index (χ4v) is 3.51. The first-order valence-electron chi connectivity index (χ1n) is 9.61. The third-order valence-electron chi connectivity index (χ3n) is 4.45. The molecule has 1 atom stereocenters. The van der Waals surface area contributed by atoms with Crippen LogP contribution in [0, 0.1) is 0 Å². The highest BCUT2D eigenvalue weighted by Crippen LogP contribution is 2.27. The maximum Gasteiger partial charge on any atom is 0.261 e. The molecule has 156 valence electrons. The minimum absolute atomic E-state index is 0.171. The van der Waals surface area contributed by atoms with Gasteiger partial charge in [0.15, 0.2) is 6.61 Å². The Morgan fingerprint density at radius 3 is 2.59 bits per heavy atom. The molecule has 0 unspecified atom stereocenters. The van der Waals surface area contributed by atoms with E-state index in [0.29, 0.717) is 30.3 Å². The second-order valence-electron chi connectivity index (χ2n) is 6.65. The summed E-state index contributed by atoms with van der Waals surface area (Å²) in [6.07, 6.45) is 1.48. The van der Waals surface area contributed by atoms with Gasteiger partial charge in [-0.15, -0.1) is 0 Å². The molecule has 0 radical (unpaired) electrons. The summed E-state index contributed by atoms with van der Waals surface area (Å²) >= 11 is 9.50. The van der Waals surface area contributed by atoms with Gasteiger partial charge in [0.1, 0.15) is 11.8 Å². The molecular weight excluding hydrogens is 456 g/mol. The molecule has 29 heavy (non-hydrogen) atoms. The van der Waals surface area contributed by atoms with E-state index >= 15 is 0 Å². The fraction of sp³-hybridized carbons (Fsp3) is 0.364. The first-order valence-corrected chi connectivity index (χ1v) is 10.8. The number of ether oxygens (including phenoxy) is 1. The molecule has 5 nitrogen and oxygen atoms in total. The minimum atomic E-state index is -0.596. The number of carbonyl (C=O) groups excluding carboxylic acids is 2. The van der Waals surface area contributed by atoms with Gasteiger partial charge >= 0.3 is 0 Å². The summed E-state index contributed by atoms with van der Waals surface area (Å²) in [7, 11) is 0. The predicted octanol–water partition coefficient (Wildman–Crippen LogP) is 4.47. The average molecular weight is 482 g/mol. The van der Waals surface area contributed by atoms with E-state index in [1.165, 1.54) is 0 Å². The van der Waals surface area contributed by atoms with Gasteiger partial charge in [0.2, 0.25) is 5.91 Å². The van der Waals surface area contributed by atoms with Gasteiger partial charge in [0.05, 0.1) is 5.02 Å². The van der Waals surface area contributed by atoms with Gasteiger partial charge in [-0.3, -0.25) is 9.59 Å². The number of amides is 2. The molecule has 0 aliphatic rings. The van der Waals surface area contributed by atoms with Gasteiger partial charge < -0.3 is 15.0 Å². The van der Waals surface area contributed by atoms with E-state index in [9.17, 15) is 9.59 Å². The Morgan fingerprint density at radius 2 is 1.93 bits per heavy atom. The Bertz CT molecular complexity index is 817. The molecule has 2 amide bonds. The molecule has 0 heterocycles. The number of rotatable bonds is 10. The molecule has 2 aromatic rings. The quantitative estimate of drug-likeness (QED) is 0.545. The lowest BCUT2D eigenvalue weighted by Gasteiger charge is -2.28. The Labute approximate surface area is 185 Å². The summed E-state index contributed by atoms with van der Waals surface area (Å²) in [4.78, 5) is 26.9. The van der Waals surface area contributed by atoms with Crippen molar-refractivity contribution < 1.29 is 14.3 Å². The van der Waals surface area contributed by atoms with Crippen LogP contribution in [0.5, 0.6) is 5.75 Å². The van der Waals surface area contributed by atoms with Gasteiger partial charge in [-0.2, -0.15) is 0 Å². The normalized spacial score (nSPS) is 11.6. The Hall–Kier alpha value is -2.05. The molecule has 0 aromatic heterocycles. The van der Waals surface area contributed by atoms with Crippen molar-refractivity contribution in [2.75, 3.05) is 19.7 Å². The highest BCUT2D eigenvalue weighted by atomic mass is 79.9. The van der Waals surface area contributed by atoms with Crippen molar-refractivity contribution in [3.8, 4) is 5.75 Å². The predicted molar refractivity (Wildman–Crippen MR) is 119 cm³/mol. The van der Waals surface area contributed by atoms with Gasteiger partial charge in [-0.1, -0.05) is 64.8 Å². The van der Waals surface area contributed by atoms with E-state index in [4.69, 9.17) is 16.3 Å². The summed E-state index contributed by atoms with van der Waals surface area (Å²) in [5, 5.41) is 3.27. The fourth-order valence-electron chi connectivity index (χ4n) is 2.78. The third-order valence-corrected chi connectivity index (χ3v) is 5.23. The molecule has 1 N–H and O–H groups in total. The smallest absolute Gasteiger partial charge is 0.261 e. The van der Waals surface area contributed by atoms with Crippen molar-refractivity contribution in [3.63, 3.8) is 0 Å². The average Bonchev–Trinajstić information content (AvgIpc) is 2.72. The molecule has 7 heteroatoms. The summed E-state index contributed by atoms with van der Waals surface area (Å²) < 4.78 is 6.45. The van der Waals surface area contributed by atoms with E-state index < -0.39 is 6.04 Å². The molecular formula is C22H26BrClN2O3. The van der Waals surface area contributed by atoms with E-state index in [2.05, 4.69) is 21.2 Å². The zero-order valence-corrected chi connectivity index (χ0v) is 19.0. The molecule has 0 aliphatic carbocycles. The Morgan fingerprint density at radius 1 is 1.21 bits per heavy atom. The minimum Gasteiger partial charge on any atom is -0.482 e. The van der Waals surface area contributed by atoms with Crippen LogP contribution in [0.2, 0.25) is 5.02 Å². The molecule has 2 rings (SSSR count). The number of hydrogen-bond acceptors (Lipinski definition) is 3. The van der Waals surface area contributed by atoms with Crippen LogP contribution < -0.4 is 10.1 Å². The Kier molecular flexibility index (Phi) is 9.48. The van der Waals surface area contributed by atoms with Crippen LogP contribution in [-0.2, 0) is 16.0 Å². The number of halogens is 2. The lowest BCUT2D eigenvalue weighted by molar-refractivity contribution is -0.141. The topological polar surface area (TPSA) is 58.6 Å². The van der Waals surface area contributed by atoms with Crippen molar-refractivity contribution in [1.82, 2.24) is 10.2 Å². The van der Waals surface area contributed by atoms with E-state index in [-0.39, 0.29) is 18.4 Å².